The molecule has 90 valence electrons. The number of fused-ring (bicyclic) bond motifs is 1. The molecule has 0 aliphatic rings. The monoisotopic (exact) mass is 236 g/mol. The normalized spacial score (nSPS) is 12.8. The molecule has 1 aromatic carbocycles. The largest absolute Gasteiger partial charge is 0.303 e. The zero-order valence-electron chi connectivity index (χ0n) is 10.7. The Bertz CT molecular complexity index is 668. The van der Waals surface area contributed by atoms with Gasteiger partial charge < -0.3 is 4.40 Å². The summed E-state index contributed by atoms with van der Waals surface area (Å²) >= 11 is 0. The van der Waals surface area contributed by atoms with Crippen molar-refractivity contribution in [1.29, 1.82) is 0 Å². The molecule has 0 fully saturated rings. The zero-order valence-corrected chi connectivity index (χ0v) is 10.7. The minimum absolute atomic E-state index is 0.301. The Morgan fingerprint density at radius 1 is 1.06 bits per heavy atom. The first-order valence-electron chi connectivity index (χ1n) is 6.24. The summed E-state index contributed by atoms with van der Waals surface area (Å²) in [6.07, 6.45) is 4.09. The molecule has 3 aromatic rings. The first kappa shape index (κ1) is 11.0. The van der Waals surface area contributed by atoms with E-state index in [0.29, 0.717) is 5.92 Å². The van der Waals surface area contributed by atoms with Crippen molar-refractivity contribution in [2.24, 2.45) is 0 Å². The summed E-state index contributed by atoms with van der Waals surface area (Å²) < 4.78 is 2.19. The predicted molar refractivity (Wildman–Crippen MR) is 73.9 cm³/mol. The Kier molecular flexibility index (Phi) is 2.63. The van der Waals surface area contributed by atoms with Gasteiger partial charge in [0.05, 0.1) is 11.7 Å². The SMILES string of the molecule is Cc1ccc2cnc([C@@H](C)c3ccccc3)n2c1. The summed E-state index contributed by atoms with van der Waals surface area (Å²) in [7, 11) is 0. The maximum Gasteiger partial charge on any atom is 0.120 e. The molecule has 2 aromatic heterocycles. The molecule has 18 heavy (non-hydrogen) atoms. The molecule has 0 aliphatic heterocycles. The van der Waals surface area contributed by atoms with Gasteiger partial charge in [0.1, 0.15) is 5.82 Å². The van der Waals surface area contributed by atoms with Crippen molar-refractivity contribution in [3.63, 3.8) is 0 Å². The highest BCUT2D eigenvalue weighted by atomic mass is 15.0. The second-order valence-electron chi connectivity index (χ2n) is 4.75. The lowest BCUT2D eigenvalue weighted by Crippen LogP contribution is -2.02. The molecule has 0 bridgehead atoms. The second kappa shape index (κ2) is 4.30. The van der Waals surface area contributed by atoms with Gasteiger partial charge in [0.2, 0.25) is 0 Å². The van der Waals surface area contributed by atoms with E-state index in [4.69, 9.17) is 0 Å². The van der Waals surface area contributed by atoms with Crippen LogP contribution in [0.25, 0.3) is 5.52 Å². The Hall–Kier alpha value is -2.09. The smallest absolute Gasteiger partial charge is 0.120 e. The maximum atomic E-state index is 4.58. The number of hydrogen-bond acceptors (Lipinski definition) is 1. The lowest BCUT2D eigenvalue weighted by molar-refractivity contribution is 0.809. The Labute approximate surface area is 107 Å². The lowest BCUT2D eigenvalue weighted by Gasteiger charge is -2.11. The van der Waals surface area contributed by atoms with Crippen molar-refractivity contribution in [3.05, 3.63) is 71.8 Å². The topological polar surface area (TPSA) is 17.3 Å². The van der Waals surface area contributed by atoms with Crippen molar-refractivity contribution >= 4 is 5.52 Å². The van der Waals surface area contributed by atoms with Crippen molar-refractivity contribution in [3.8, 4) is 0 Å². The molecule has 3 rings (SSSR count). The first-order chi connectivity index (χ1) is 8.75. The Morgan fingerprint density at radius 3 is 2.61 bits per heavy atom. The average molecular weight is 236 g/mol. The van der Waals surface area contributed by atoms with E-state index < -0.39 is 0 Å². The number of aryl methyl sites for hydroxylation is 1. The number of imidazole rings is 1. The van der Waals surface area contributed by atoms with Crippen LogP contribution >= 0.6 is 0 Å². The number of aromatic nitrogens is 2. The van der Waals surface area contributed by atoms with E-state index in [1.54, 1.807) is 0 Å². The van der Waals surface area contributed by atoms with Crippen LogP contribution in [-0.4, -0.2) is 9.38 Å². The lowest BCUT2D eigenvalue weighted by atomic mass is 10.0. The molecule has 0 unspecified atom stereocenters. The second-order valence-corrected chi connectivity index (χ2v) is 4.75. The summed E-state index contributed by atoms with van der Waals surface area (Å²) in [6.45, 7) is 4.31. The molecule has 0 radical (unpaired) electrons. The van der Waals surface area contributed by atoms with Crippen LogP contribution in [0.15, 0.2) is 54.9 Å². The standard InChI is InChI=1S/C16H16N2/c1-12-8-9-15-10-17-16(18(15)11-12)13(2)14-6-4-3-5-7-14/h3-11,13H,1-2H3/t13-/m0/s1. The van der Waals surface area contributed by atoms with E-state index in [1.165, 1.54) is 11.1 Å². The third-order valence-electron chi connectivity index (χ3n) is 3.39. The third kappa shape index (κ3) is 1.80. The molecule has 1 atom stereocenters. The molecule has 2 heterocycles. The van der Waals surface area contributed by atoms with Gasteiger partial charge in [-0.05, 0) is 24.1 Å². The van der Waals surface area contributed by atoms with Crippen molar-refractivity contribution in [1.82, 2.24) is 9.38 Å². The zero-order chi connectivity index (χ0) is 12.5. The van der Waals surface area contributed by atoms with Crippen LogP contribution in [0.1, 0.15) is 29.8 Å². The summed E-state index contributed by atoms with van der Waals surface area (Å²) in [6, 6.07) is 14.7. The Balaban J connectivity index is 2.12. The van der Waals surface area contributed by atoms with Gasteiger partial charge in [-0.3, -0.25) is 0 Å². The minimum atomic E-state index is 0.301. The number of pyridine rings is 1. The first-order valence-corrected chi connectivity index (χ1v) is 6.24. The molecule has 2 nitrogen and oxygen atoms in total. The van der Waals surface area contributed by atoms with Gasteiger partial charge in [0.15, 0.2) is 0 Å². The van der Waals surface area contributed by atoms with E-state index in [1.807, 2.05) is 12.3 Å². The highest BCUT2D eigenvalue weighted by molar-refractivity contribution is 5.48. The predicted octanol–water partition coefficient (Wildman–Crippen LogP) is 3.79. The van der Waals surface area contributed by atoms with Crippen molar-refractivity contribution in [2.45, 2.75) is 19.8 Å². The molecule has 0 saturated heterocycles. The van der Waals surface area contributed by atoms with E-state index in [0.717, 1.165) is 11.3 Å². The molecular formula is C16H16N2. The summed E-state index contributed by atoms with van der Waals surface area (Å²) in [5, 5.41) is 0. The fourth-order valence-electron chi connectivity index (χ4n) is 2.33. The van der Waals surface area contributed by atoms with Crippen LogP contribution in [0, 0.1) is 6.92 Å². The van der Waals surface area contributed by atoms with Crippen LogP contribution in [-0.2, 0) is 0 Å². The maximum absolute atomic E-state index is 4.58. The molecule has 0 spiro atoms. The van der Waals surface area contributed by atoms with E-state index in [9.17, 15) is 0 Å². The minimum Gasteiger partial charge on any atom is -0.303 e. The van der Waals surface area contributed by atoms with Gasteiger partial charge in [0, 0.05) is 12.1 Å². The third-order valence-corrected chi connectivity index (χ3v) is 3.39. The number of benzene rings is 1. The van der Waals surface area contributed by atoms with Crippen LogP contribution in [0.3, 0.4) is 0 Å². The molecule has 0 N–H and O–H groups in total. The molecule has 0 amide bonds. The molecular weight excluding hydrogens is 220 g/mol. The van der Waals surface area contributed by atoms with Gasteiger partial charge >= 0.3 is 0 Å². The highest BCUT2D eigenvalue weighted by Gasteiger charge is 2.13. The Morgan fingerprint density at radius 2 is 1.83 bits per heavy atom. The molecule has 0 saturated carbocycles. The summed E-state index contributed by atoms with van der Waals surface area (Å²) in [4.78, 5) is 4.58. The average Bonchev–Trinajstić information content (AvgIpc) is 2.82. The molecule has 0 aliphatic carbocycles. The summed E-state index contributed by atoms with van der Waals surface area (Å²) in [5.74, 6) is 1.40. The van der Waals surface area contributed by atoms with Gasteiger partial charge in [-0.1, -0.05) is 43.3 Å². The number of hydrogen-bond donors (Lipinski definition) is 0. The van der Waals surface area contributed by atoms with Crippen molar-refractivity contribution in [2.75, 3.05) is 0 Å². The number of nitrogens with zero attached hydrogens (tertiary/aromatic N) is 2. The van der Waals surface area contributed by atoms with Gasteiger partial charge in [-0.2, -0.15) is 0 Å². The van der Waals surface area contributed by atoms with E-state index >= 15 is 0 Å². The highest BCUT2D eigenvalue weighted by Crippen LogP contribution is 2.23. The number of rotatable bonds is 2. The van der Waals surface area contributed by atoms with Crippen LogP contribution < -0.4 is 0 Å². The van der Waals surface area contributed by atoms with Crippen LogP contribution in [0.4, 0.5) is 0 Å². The van der Waals surface area contributed by atoms with Gasteiger partial charge in [-0.15, -0.1) is 0 Å². The van der Waals surface area contributed by atoms with Crippen LogP contribution in [0.5, 0.6) is 0 Å². The molecule has 2 heteroatoms. The van der Waals surface area contributed by atoms with E-state index in [2.05, 4.69) is 65.8 Å². The summed E-state index contributed by atoms with van der Waals surface area (Å²) in [5.41, 5.74) is 3.70. The fourth-order valence-corrected chi connectivity index (χ4v) is 2.33. The van der Waals surface area contributed by atoms with Crippen LogP contribution in [0.2, 0.25) is 0 Å². The van der Waals surface area contributed by atoms with Gasteiger partial charge in [0.25, 0.3) is 0 Å². The van der Waals surface area contributed by atoms with E-state index in [-0.39, 0.29) is 0 Å². The quantitative estimate of drug-likeness (QED) is 0.661. The fraction of sp³-hybridized carbons (Fsp3) is 0.188. The van der Waals surface area contributed by atoms with Crippen molar-refractivity contribution < 1.29 is 0 Å². The van der Waals surface area contributed by atoms with Gasteiger partial charge in [-0.25, -0.2) is 4.98 Å².